The predicted molar refractivity (Wildman–Crippen MR) is 96.3 cm³/mol. The Morgan fingerprint density at radius 1 is 1.21 bits per heavy atom. The number of benzene rings is 2. The van der Waals surface area contributed by atoms with Crippen molar-refractivity contribution < 1.29 is 14.6 Å². The van der Waals surface area contributed by atoms with E-state index in [1.54, 1.807) is 0 Å². The number of hydrogen-bond acceptors (Lipinski definition) is 4. The summed E-state index contributed by atoms with van der Waals surface area (Å²) in [5.74, 6) is 4.82. The van der Waals surface area contributed by atoms with Crippen LogP contribution in [0.2, 0.25) is 0 Å². The van der Waals surface area contributed by atoms with Crippen molar-refractivity contribution in [1.82, 2.24) is 5.01 Å². The van der Waals surface area contributed by atoms with Crippen LogP contribution in [0.4, 0.5) is 0 Å². The van der Waals surface area contributed by atoms with Gasteiger partial charge in [0.1, 0.15) is 23.3 Å². The molecule has 0 aliphatic carbocycles. The Balaban J connectivity index is 1.97. The number of nitrogens with two attached hydrogens (primary N) is 1. The van der Waals surface area contributed by atoms with Gasteiger partial charge in [0.05, 0.1) is 6.54 Å². The summed E-state index contributed by atoms with van der Waals surface area (Å²) in [5, 5.41) is 10.3. The maximum atomic E-state index is 11.0. The van der Waals surface area contributed by atoms with Crippen LogP contribution < -0.4 is 10.6 Å². The van der Waals surface area contributed by atoms with Crippen molar-refractivity contribution in [2.75, 3.05) is 0 Å². The van der Waals surface area contributed by atoms with E-state index in [0.717, 1.165) is 16.9 Å². The monoisotopic (exact) mass is 344 g/mol. The molecule has 0 aromatic heterocycles. The standard InChI is InChI=1S/C18H20N2O3S/c1-13(18(21)22)17(24)20(19)11-15-8-5-9-16(10-15)23-12-14-6-3-2-4-7-14/h2-10,13H,11-12,19H2,1H3,(H,21,22). The molecule has 2 aromatic carbocycles. The normalized spacial score (nSPS) is 11.6. The summed E-state index contributed by atoms with van der Waals surface area (Å²) in [6, 6.07) is 17.4. The van der Waals surface area contributed by atoms with Gasteiger partial charge in [-0.1, -0.05) is 54.7 Å². The first-order chi connectivity index (χ1) is 11.5. The molecule has 0 radical (unpaired) electrons. The zero-order valence-electron chi connectivity index (χ0n) is 13.4. The molecule has 5 nitrogen and oxygen atoms in total. The van der Waals surface area contributed by atoms with Crippen LogP contribution in [0.15, 0.2) is 54.6 Å². The summed E-state index contributed by atoms with van der Waals surface area (Å²) in [7, 11) is 0. The van der Waals surface area contributed by atoms with E-state index in [1.165, 1.54) is 11.9 Å². The summed E-state index contributed by atoms with van der Waals surface area (Å²) in [6.07, 6.45) is 0. The van der Waals surface area contributed by atoms with Crippen molar-refractivity contribution in [2.45, 2.75) is 20.1 Å². The van der Waals surface area contributed by atoms with Crippen LogP contribution in [0.25, 0.3) is 0 Å². The fourth-order valence-corrected chi connectivity index (χ4v) is 2.27. The van der Waals surface area contributed by atoms with Gasteiger partial charge in [-0.05, 0) is 30.2 Å². The van der Waals surface area contributed by atoms with E-state index in [-0.39, 0.29) is 4.99 Å². The van der Waals surface area contributed by atoms with Gasteiger partial charge in [-0.2, -0.15) is 0 Å². The number of carboxylic acid groups (broad SMARTS) is 1. The number of aliphatic carboxylic acids is 1. The van der Waals surface area contributed by atoms with E-state index >= 15 is 0 Å². The minimum atomic E-state index is -0.990. The molecule has 0 heterocycles. The zero-order valence-corrected chi connectivity index (χ0v) is 14.2. The number of thiocarbonyl (C=S) groups is 1. The smallest absolute Gasteiger partial charge is 0.313 e. The van der Waals surface area contributed by atoms with Crippen LogP contribution >= 0.6 is 12.2 Å². The molecular weight excluding hydrogens is 324 g/mol. The summed E-state index contributed by atoms with van der Waals surface area (Å²) >= 11 is 5.11. The molecule has 0 saturated heterocycles. The van der Waals surface area contributed by atoms with Crippen LogP contribution in [0.3, 0.4) is 0 Å². The molecule has 2 aromatic rings. The summed E-state index contributed by atoms with van der Waals surface area (Å²) in [6.45, 7) is 2.31. The molecule has 0 amide bonds. The van der Waals surface area contributed by atoms with Crippen molar-refractivity contribution in [3.63, 3.8) is 0 Å². The quantitative estimate of drug-likeness (QED) is 0.457. The van der Waals surface area contributed by atoms with Crippen molar-refractivity contribution in [3.05, 3.63) is 65.7 Å². The molecule has 0 bridgehead atoms. The minimum Gasteiger partial charge on any atom is -0.489 e. The SMILES string of the molecule is CC(C(=O)O)C(=S)N(N)Cc1cccc(OCc2ccccc2)c1. The molecule has 2 rings (SSSR count). The lowest BCUT2D eigenvalue weighted by atomic mass is 10.1. The molecule has 1 unspecified atom stereocenters. The Morgan fingerprint density at radius 3 is 2.54 bits per heavy atom. The average Bonchev–Trinajstić information content (AvgIpc) is 2.59. The van der Waals surface area contributed by atoms with Crippen LogP contribution in [-0.2, 0) is 17.9 Å². The lowest BCUT2D eigenvalue weighted by molar-refractivity contribution is -0.139. The summed E-state index contributed by atoms with van der Waals surface area (Å²) in [4.78, 5) is 11.2. The maximum Gasteiger partial charge on any atom is 0.313 e. The maximum absolute atomic E-state index is 11.0. The van der Waals surface area contributed by atoms with E-state index in [9.17, 15) is 4.79 Å². The molecule has 0 spiro atoms. The molecule has 3 N–H and O–H groups in total. The molecule has 126 valence electrons. The molecule has 0 aliphatic heterocycles. The molecule has 24 heavy (non-hydrogen) atoms. The summed E-state index contributed by atoms with van der Waals surface area (Å²) < 4.78 is 5.77. The second-order valence-corrected chi connectivity index (χ2v) is 5.87. The van der Waals surface area contributed by atoms with Crippen LogP contribution in [0.1, 0.15) is 18.1 Å². The van der Waals surface area contributed by atoms with Gasteiger partial charge >= 0.3 is 5.97 Å². The molecule has 0 aliphatic rings. The van der Waals surface area contributed by atoms with E-state index in [2.05, 4.69) is 0 Å². The summed E-state index contributed by atoms with van der Waals surface area (Å²) in [5.41, 5.74) is 1.97. The first-order valence-electron chi connectivity index (χ1n) is 7.52. The van der Waals surface area contributed by atoms with Crippen molar-refractivity contribution >= 4 is 23.2 Å². The molecule has 0 fully saturated rings. The zero-order chi connectivity index (χ0) is 17.5. The molecule has 1 atom stereocenters. The predicted octanol–water partition coefficient (Wildman–Crippen LogP) is 2.99. The highest BCUT2D eigenvalue weighted by molar-refractivity contribution is 7.80. The topological polar surface area (TPSA) is 75.8 Å². The van der Waals surface area contributed by atoms with Crippen LogP contribution in [0.5, 0.6) is 5.75 Å². The van der Waals surface area contributed by atoms with Crippen LogP contribution in [-0.4, -0.2) is 21.1 Å². The lowest BCUT2D eigenvalue weighted by Gasteiger charge is -2.22. The van der Waals surface area contributed by atoms with E-state index < -0.39 is 11.9 Å². The first-order valence-corrected chi connectivity index (χ1v) is 7.92. The van der Waals surface area contributed by atoms with Crippen LogP contribution in [0, 0.1) is 5.92 Å². The Morgan fingerprint density at radius 2 is 1.88 bits per heavy atom. The van der Waals surface area contributed by atoms with E-state index in [1.807, 2.05) is 54.6 Å². The highest BCUT2D eigenvalue weighted by atomic mass is 32.1. The number of hydrogen-bond donors (Lipinski definition) is 2. The minimum absolute atomic E-state index is 0.193. The van der Waals surface area contributed by atoms with Crippen molar-refractivity contribution in [2.24, 2.45) is 11.8 Å². The highest BCUT2D eigenvalue weighted by Crippen LogP contribution is 2.17. The van der Waals surface area contributed by atoms with Gasteiger partial charge in [0, 0.05) is 0 Å². The van der Waals surface area contributed by atoms with Gasteiger partial charge in [-0.15, -0.1) is 0 Å². The number of carbonyl (C=O) groups is 1. The Hall–Kier alpha value is -2.44. The number of hydrazine groups is 1. The van der Waals surface area contributed by atoms with Gasteiger partial charge < -0.3 is 9.84 Å². The fraction of sp³-hybridized carbons (Fsp3) is 0.222. The molecule has 6 heteroatoms. The molecule has 0 saturated carbocycles. The Kier molecular flexibility index (Phi) is 6.28. The van der Waals surface area contributed by atoms with E-state index in [0.29, 0.717) is 13.2 Å². The number of rotatable bonds is 7. The van der Waals surface area contributed by atoms with E-state index in [4.69, 9.17) is 27.9 Å². The van der Waals surface area contributed by atoms with Gasteiger partial charge in [0.15, 0.2) is 0 Å². The average molecular weight is 344 g/mol. The lowest BCUT2D eigenvalue weighted by Crippen LogP contribution is -2.41. The largest absolute Gasteiger partial charge is 0.489 e. The third-order valence-corrected chi connectivity index (χ3v) is 4.11. The van der Waals surface area contributed by atoms with Gasteiger partial charge in [0.2, 0.25) is 0 Å². The first kappa shape index (κ1) is 17.9. The Labute approximate surface area is 146 Å². The Bertz CT molecular complexity index is 706. The molecular formula is C18H20N2O3S. The second-order valence-electron chi connectivity index (χ2n) is 5.45. The fourth-order valence-electron chi connectivity index (χ4n) is 2.10. The highest BCUT2D eigenvalue weighted by Gasteiger charge is 2.20. The number of nitrogens with zero attached hydrogens (tertiary/aromatic N) is 1. The third-order valence-electron chi connectivity index (χ3n) is 3.52. The van der Waals surface area contributed by atoms with Gasteiger partial charge in [0.25, 0.3) is 0 Å². The van der Waals surface area contributed by atoms with Gasteiger partial charge in [-0.25, -0.2) is 5.84 Å². The van der Waals surface area contributed by atoms with Gasteiger partial charge in [-0.3, -0.25) is 9.80 Å². The van der Waals surface area contributed by atoms with Crippen molar-refractivity contribution in [1.29, 1.82) is 0 Å². The second kappa shape index (κ2) is 8.42. The third kappa shape index (κ3) is 5.04. The number of carboxylic acids is 1. The van der Waals surface area contributed by atoms with Crippen molar-refractivity contribution in [3.8, 4) is 5.75 Å². The number of ether oxygens (including phenoxy) is 1.